The van der Waals surface area contributed by atoms with E-state index < -0.39 is 0 Å². The molecule has 4 heteroatoms. The van der Waals surface area contributed by atoms with E-state index in [0.717, 1.165) is 34.9 Å². The second-order valence-corrected chi connectivity index (χ2v) is 9.32. The summed E-state index contributed by atoms with van der Waals surface area (Å²) < 4.78 is 11.9. The maximum Gasteiger partial charge on any atom is 0.138 e. The van der Waals surface area contributed by atoms with Gasteiger partial charge in [-0.15, -0.1) is 0 Å². The van der Waals surface area contributed by atoms with Crippen LogP contribution < -0.4 is 4.74 Å². The molecule has 3 aromatic rings. The van der Waals surface area contributed by atoms with Gasteiger partial charge in [-0.3, -0.25) is 0 Å². The molecule has 1 aromatic heterocycles. The number of hydrogen-bond donors (Lipinski definition) is 2. The summed E-state index contributed by atoms with van der Waals surface area (Å²) in [6.45, 7) is 10.5. The van der Waals surface area contributed by atoms with Crippen LogP contribution in [0.15, 0.2) is 69.7 Å². The highest BCUT2D eigenvalue weighted by Crippen LogP contribution is 2.43. The SMILES string of the molecule is COc1cc(O)c(CC=C(C)C)c(-c2cc3ccc(O)cc3o2)c1C/C=C(\C)CCC=C(C)C. The lowest BCUT2D eigenvalue weighted by Gasteiger charge is -2.17. The molecule has 34 heavy (non-hydrogen) atoms. The van der Waals surface area contributed by atoms with Gasteiger partial charge >= 0.3 is 0 Å². The van der Waals surface area contributed by atoms with E-state index in [1.807, 2.05) is 26.0 Å². The predicted molar refractivity (Wildman–Crippen MR) is 141 cm³/mol. The minimum Gasteiger partial charge on any atom is -0.508 e. The van der Waals surface area contributed by atoms with Gasteiger partial charge in [0.15, 0.2) is 0 Å². The topological polar surface area (TPSA) is 62.8 Å². The van der Waals surface area contributed by atoms with Crippen LogP contribution in [0.5, 0.6) is 17.2 Å². The van der Waals surface area contributed by atoms with Crippen LogP contribution in [-0.4, -0.2) is 17.3 Å². The first-order valence-corrected chi connectivity index (χ1v) is 11.8. The lowest BCUT2D eigenvalue weighted by Crippen LogP contribution is -2.00. The Morgan fingerprint density at radius 3 is 2.26 bits per heavy atom. The van der Waals surface area contributed by atoms with Gasteiger partial charge in [0.05, 0.1) is 7.11 Å². The van der Waals surface area contributed by atoms with E-state index in [9.17, 15) is 10.2 Å². The lowest BCUT2D eigenvalue weighted by molar-refractivity contribution is 0.402. The normalized spacial score (nSPS) is 11.5. The average molecular weight is 461 g/mol. The van der Waals surface area contributed by atoms with Crippen molar-refractivity contribution in [3.05, 3.63) is 76.4 Å². The second-order valence-electron chi connectivity index (χ2n) is 9.32. The fourth-order valence-electron chi connectivity index (χ4n) is 4.04. The zero-order valence-electron chi connectivity index (χ0n) is 21.2. The van der Waals surface area contributed by atoms with Crippen molar-refractivity contribution < 1.29 is 19.4 Å². The highest BCUT2D eigenvalue weighted by molar-refractivity contribution is 5.86. The van der Waals surface area contributed by atoms with Gasteiger partial charge in [0.25, 0.3) is 0 Å². The summed E-state index contributed by atoms with van der Waals surface area (Å²) in [5.41, 5.74) is 7.03. The summed E-state index contributed by atoms with van der Waals surface area (Å²) in [5, 5.41) is 21.7. The minimum absolute atomic E-state index is 0.154. The molecule has 0 aliphatic heterocycles. The van der Waals surface area contributed by atoms with Gasteiger partial charge in [-0.25, -0.2) is 0 Å². The zero-order valence-corrected chi connectivity index (χ0v) is 21.2. The minimum atomic E-state index is 0.154. The quantitative estimate of drug-likeness (QED) is 0.315. The number of methoxy groups -OCH3 is 1. The Labute approximate surface area is 202 Å². The number of hydrogen-bond acceptors (Lipinski definition) is 4. The third-order valence-corrected chi connectivity index (χ3v) is 5.91. The Kier molecular flexibility index (Phi) is 8.27. The van der Waals surface area contributed by atoms with Crippen molar-refractivity contribution in [1.82, 2.24) is 0 Å². The predicted octanol–water partition coefficient (Wildman–Crippen LogP) is 8.26. The molecule has 0 aliphatic rings. The van der Waals surface area contributed by atoms with Crippen molar-refractivity contribution in [1.29, 1.82) is 0 Å². The number of benzene rings is 2. The Hall–Kier alpha value is -3.40. The van der Waals surface area contributed by atoms with Crippen molar-refractivity contribution in [3.8, 4) is 28.6 Å². The van der Waals surface area contributed by atoms with Crippen LogP contribution in [0, 0.1) is 0 Å². The Morgan fingerprint density at radius 1 is 0.882 bits per heavy atom. The standard InChI is InChI=1S/C30H36O4/c1-19(2)8-7-9-21(5)11-15-25-28(33-6)18-26(32)24(14-10-20(3)4)30(25)29-16-22-12-13-23(31)17-27(22)34-29/h8,10-13,16-18,31-32H,7,9,14-15H2,1-6H3/b21-11+. The van der Waals surface area contributed by atoms with Gasteiger partial charge in [0, 0.05) is 34.2 Å². The molecule has 4 nitrogen and oxygen atoms in total. The first-order chi connectivity index (χ1) is 16.2. The maximum absolute atomic E-state index is 11.0. The van der Waals surface area contributed by atoms with Crippen molar-refractivity contribution in [2.24, 2.45) is 0 Å². The van der Waals surface area contributed by atoms with Crippen molar-refractivity contribution >= 4 is 11.0 Å². The van der Waals surface area contributed by atoms with Crippen molar-refractivity contribution in [3.63, 3.8) is 0 Å². The van der Waals surface area contributed by atoms with Crippen LogP contribution in [0.4, 0.5) is 0 Å². The maximum atomic E-state index is 11.0. The molecule has 180 valence electrons. The fraction of sp³-hybridized carbons (Fsp3) is 0.333. The highest BCUT2D eigenvalue weighted by atomic mass is 16.5. The molecule has 0 saturated heterocycles. The van der Waals surface area contributed by atoms with E-state index in [1.165, 1.54) is 16.7 Å². The number of rotatable bonds is 9. The molecule has 0 amide bonds. The number of aromatic hydroxyl groups is 2. The third-order valence-electron chi connectivity index (χ3n) is 5.91. The summed E-state index contributed by atoms with van der Waals surface area (Å²) in [5.74, 6) is 1.62. The van der Waals surface area contributed by atoms with Crippen LogP contribution in [0.2, 0.25) is 0 Å². The molecule has 2 N–H and O–H groups in total. The molecular weight excluding hydrogens is 424 g/mol. The first kappa shape index (κ1) is 25.2. The van der Waals surface area contributed by atoms with Gasteiger partial charge in [-0.2, -0.15) is 0 Å². The van der Waals surface area contributed by atoms with E-state index in [1.54, 1.807) is 25.3 Å². The Morgan fingerprint density at radius 2 is 1.59 bits per heavy atom. The van der Waals surface area contributed by atoms with Crippen LogP contribution in [-0.2, 0) is 12.8 Å². The van der Waals surface area contributed by atoms with Gasteiger partial charge < -0.3 is 19.4 Å². The molecule has 0 atom stereocenters. The Balaban J connectivity index is 2.16. The smallest absolute Gasteiger partial charge is 0.138 e. The number of fused-ring (bicyclic) bond motifs is 1. The van der Waals surface area contributed by atoms with E-state index in [0.29, 0.717) is 29.9 Å². The molecular formula is C30H36O4. The molecule has 0 aliphatic carbocycles. The monoisotopic (exact) mass is 460 g/mol. The molecule has 0 unspecified atom stereocenters. The molecule has 0 saturated carbocycles. The van der Waals surface area contributed by atoms with Crippen LogP contribution >= 0.6 is 0 Å². The summed E-state index contributed by atoms with van der Waals surface area (Å²) in [6.07, 6.45) is 9.83. The third kappa shape index (κ3) is 6.13. The molecule has 3 rings (SSSR count). The van der Waals surface area contributed by atoms with Gasteiger partial charge in [0.1, 0.15) is 28.6 Å². The number of ether oxygens (including phenoxy) is 1. The summed E-state index contributed by atoms with van der Waals surface area (Å²) in [6, 6.07) is 8.76. The molecule has 0 spiro atoms. The van der Waals surface area contributed by atoms with Crippen LogP contribution in [0.25, 0.3) is 22.3 Å². The van der Waals surface area contributed by atoms with Crippen LogP contribution in [0.1, 0.15) is 58.6 Å². The van der Waals surface area contributed by atoms with E-state index in [-0.39, 0.29) is 11.5 Å². The van der Waals surface area contributed by atoms with Gasteiger partial charge in [-0.1, -0.05) is 34.9 Å². The van der Waals surface area contributed by atoms with Gasteiger partial charge in [0.2, 0.25) is 0 Å². The second kappa shape index (κ2) is 11.1. The first-order valence-electron chi connectivity index (χ1n) is 11.8. The molecule has 1 heterocycles. The summed E-state index contributed by atoms with van der Waals surface area (Å²) in [4.78, 5) is 0. The molecule has 0 fully saturated rings. The highest BCUT2D eigenvalue weighted by Gasteiger charge is 2.22. The Bertz CT molecular complexity index is 1250. The lowest BCUT2D eigenvalue weighted by atomic mass is 9.91. The average Bonchev–Trinajstić information content (AvgIpc) is 3.18. The number of furan rings is 1. The molecule has 2 aromatic carbocycles. The fourth-order valence-corrected chi connectivity index (χ4v) is 4.04. The van der Waals surface area contributed by atoms with E-state index >= 15 is 0 Å². The van der Waals surface area contributed by atoms with Crippen molar-refractivity contribution in [2.45, 2.75) is 60.3 Å². The van der Waals surface area contributed by atoms with Crippen molar-refractivity contribution in [2.75, 3.05) is 7.11 Å². The van der Waals surface area contributed by atoms with E-state index in [4.69, 9.17) is 9.15 Å². The molecule has 0 bridgehead atoms. The van der Waals surface area contributed by atoms with Gasteiger partial charge in [-0.05, 0) is 78.5 Å². The largest absolute Gasteiger partial charge is 0.508 e. The number of phenols is 2. The summed E-state index contributed by atoms with van der Waals surface area (Å²) in [7, 11) is 1.62. The molecule has 0 radical (unpaired) electrons. The number of phenolic OH excluding ortho intramolecular Hbond substituents is 2. The number of allylic oxidation sites excluding steroid dienone is 6. The van der Waals surface area contributed by atoms with E-state index in [2.05, 4.69) is 39.0 Å². The van der Waals surface area contributed by atoms with Crippen LogP contribution in [0.3, 0.4) is 0 Å². The summed E-state index contributed by atoms with van der Waals surface area (Å²) >= 11 is 0. The zero-order chi connectivity index (χ0) is 24.8.